The minimum absolute atomic E-state index is 0.381. The van der Waals surface area contributed by atoms with E-state index in [-0.39, 0.29) is 0 Å². The van der Waals surface area contributed by atoms with Crippen molar-refractivity contribution in [2.75, 3.05) is 5.73 Å². The van der Waals surface area contributed by atoms with Gasteiger partial charge < -0.3 is 5.73 Å². The second-order valence-corrected chi connectivity index (χ2v) is 6.37. The molecule has 21 heavy (non-hydrogen) atoms. The van der Waals surface area contributed by atoms with Gasteiger partial charge in [0.15, 0.2) is 0 Å². The number of benzene rings is 1. The summed E-state index contributed by atoms with van der Waals surface area (Å²) in [6.07, 6.45) is 3.73. The molecule has 1 aromatic heterocycles. The SMILES string of the molecule is Cc1cccc(-c2cc(C[C@@H](C)C3CC3)nc(N)n2)c1C. The Kier molecular flexibility index (Phi) is 3.66. The number of nitrogens with zero attached hydrogens (tertiary/aromatic N) is 2. The summed E-state index contributed by atoms with van der Waals surface area (Å²) in [4.78, 5) is 8.87. The first kappa shape index (κ1) is 14.1. The number of nitrogens with two attached hydrogens (primary N) is 1. The topological polar surface area (TPSA) is 51.8 Å². The Morgan fingerprint density at radius 3 is 2.71 bits per heavy atom. The van der Waals surface area contributed by atoms with Crippen LogP contribution < -0.4 is 5.73 Å². The van der Waals surface area contributed by atoms with E-state index in [1.165, 1.54) is 24.0 Å². The fourth-order valence-electron chi connectivity index (χ4n) is 2.95. The molecule has 2 aromatic rings. The fourth-order valence-corrected chi connectivity index (χ4v) is 2.95. The van der Waals surface area contributed by atoms with Crippen LogP contribution in [0.25, 0.3) is 11.3 Å². The molecule has 3 heteroatoms. The molecule has 0 aliphatic heterocycles. The highest BCUT2D eigenvalue weighted by Crippen LogP contribution is 2.38. The number of nitrogen functional groups attached to an aromatic ring is 1. The van der Waals surface area contributed by atoms with Crippen molar-refractivity contribution in [3.63, 3.8) is 0 Å². The maximum Gasteiger partial charge on any atom is 0.220 e. The second kappa shape index (κ2) is 5.47. The molecule has 3 nitrogen and oxygen atoms in total. The monoisotopic (exact) mass is 281 g/mol. The highest BCUT2D eigenvalue weighted by atomic mass is 15.0. The van der Waals surface area contributed by atoms with Crippen molar-refractivity contribution >= 4 is 5.95 Å². The number of hydrogen-bond acceptors (Lipinski definition) is 3. The van der Waals surface area contributed by atoms with E-state index in [1.807, 2.05) is 0 Å². The Bertz CT molecular complexity index is 660. The van der Waals surface area contributed by atoms with E-state index in [9.17, 15) is 0 Å². The molecule has 1 atom stereocenters. The van der Waals surface area contributed by atoms with E-state index in [0.29, 0.717) is 11.9 Å². The third-order valence-electron chi connectivity index (χ3n) is 4.63. The largest absolute Gasteiger partial charge is 0.368 e. The average Bonchev–Trinajstić information content (AvgIpc) is 3.25. The van der Waals surface area contributed by atoms with Gasteiger partial charge in [-0.05, 0) is 62.1 Å². The van der Waals surface area contributed by atoms with Crippen molar-refractivity contribution < 1.29 is 0 Å². The van der Waals surface area contributed by atoms with E-state index in [1.54, 1.807) is 0 Å². The quantitative estimate of drug-likeness (QED) is 0.923. The van der Waals surface area contributed by atoms with Crippen LogP contribution in [-0.2, 0) is 6.42 Å². The molecular formula is C18H23N3. The molecule has 2 N–H and O–H groups in total. The summed E-state index contributed by atoms with van der Waals surface area (Å²) >= 11 is 0. The van der Waals surface area contributed by atoms with Gasteiger partial charge in [0.1, 0.15) is 0 Å². The summed E-state index contributed by atoms with van der Waals surface area (Å²) in [6.45, 7) is 6.57. The zero-order chi connectivity index (χ0) is 15.0. The van der Waals surface area contributed by atoms with Crippen LogP contribution in [0, 0.1) is 25.7 Å². The van der Waals surface area contributed by atoms with Crippen LogP contribution in [0.4, 0.5) is 5.95 Å². The maximum absolute atomic E-state index is 5.93. The predicted molar refractivity (Wildman–Crippen MR) is 86.9 cm³/mol. The minimum Gasteiger partial charge on any atom is -0.368 e. The van der Waals surface area contributed by atoms with Gasteiger partial charge in [-0.15, -0.1) is 0 Å². The smallest absolute Gasteiger partial charge is 0.220 e. The maximum atomic E-state index is 5.93. The Hall–Kier alpha value is -1.90. The van der Waals surface area contributed by atoms with Crippen LogP contribution in [0.15, 0.2) is 24.3 Å². The zero-order valence-corrected chi connectivity index (χ0v) is 13.1. The fraction of sp³-hybridized carbons (Fsp3) is 0.444. The van der Waals surface area contributed by atoms with Crippen LogP contribution in [0.2, 0.25) is 0 Å². The lowest BCUT2D eigenvalue weighted by Crippen LogP contribution is -2.07. The molecule has 0 amide bonds. The van der Waals surface area contributed by atoms with Gasteiger partial charge in [0.25, 0.3) is 0 Å². The van der Waals surface area contributed by atoms with Gasteiger partial charge in [0.05, 0.1) is 5.69 Å². The molecule has 3 rings (SSSR count). The van der Waals surface area contributed by atoms with Gasteiger partial charge in [-0.3, -0.25) is 0 Å². The van der Waals surface area contributed by atoms with Gasteiger partial charge in [0.2, 0.25) is 5.95 Å². The molecule has 1 heterocycles. The molecule has 1 fully saturated rings. The number of aryl methyl sites for hydroxylation is 1. The Balaban J connectivity index is 1.95. The van der Waals surface area contributed by atoms with Gasteiger partial charge in [0, 0.05) is 11.3 Å². The van der Waals surface area contributed by atoms with E-state index < -0.39 is 0 Å². The van der Waals surface area contributed by atoms with E-state index in [4.69, 9.17) is 5.73 Å². The molecule has 110 valence electrons. The standard InChI is InChI=1S/C18H23N3/c1-11-5-4-6-16(13(11)3)17-10-15(20-18(19)21-17)9-12(2)14-7-8-14/h4-6,10,12,14H,7-9H2,1-3H3,(H2,19,20,21)/t12-/m1/s1. The van der Waals surface area contributed by atoms with Crippen LogP contribution in [-0.4, -0.2) is 9.97 Å². The zero-order valence-electron chi connectivity index (χ0n) is 13.1. The van der Waals surface area contributed by atoms with Crippen molar-refractivity contribution in [2.45, 2.75) is 40.0 Å². The molecule has 1 aromatic carbocycles. The van der Waals surface area contributed by atoms with Crippen molar-refractivity contribution in [1.29, 1.82) is 0 Å². The molecule has 0 bridgehead atoms. The second-order valence-electron chi connectivity index (χ2n) is 6.37. The first-order valence-corrected chi connectivity index (χ1v) is 7.74. The van der Waals surface area contributed by atoms with Crippen LogP contribution in [0.5, 0.6) is 0 Å². The van der Waals surface area contributed by atoms with E-state index >= 15 is 0 Å². The third-order valence-corrected chi connectivity index (χ3v) is 4.63. The summed E-state index contributed by atoms with van der Waals surface area (Å²) < 4.78 is 0. The summed E-state index contributed by atoms with van der Waals surface area (Å²) in [5.74, 6) is 1.95. The van der Waals surface area contributed by atoms with Crippen molar-refractivity contribution in [1.82, 2.24) is 9.97 Å². The highest BCUT2D eigenvalue weighted by molar-refractivity contribution is 5.66. The molecule has 0 unspecified atom stereocenters. The summed E-state index contributed by atoms with van der Waals surface area (Å²) in [5, 5.41) is 0. The predicted octanol–water partition coefficient (Wildman–Crippen LogP) is 3.93. The summed E-state index contributed by atoms with van der Waals surface area (Å²) in [7, 11) is 0. The molecule has 0 radical (unpaired) electrons. The molecular weight excluding hydrogens is 258 g/mol. The van der Waals surface area contributed by atoms with Crippen molar-refractivity contribution in [3.05, 3.63) is 41.1 Å². The summed E-state index contributed by atoms with van der Waals surface area (Å²) in [6, 6.07) is 8.41. The van der Waals surface area contributed by atoms with Crippen LogP contribution >= 0.6 is 0 Å². The van der Waals surface area contributed by atoms with Gasteiger partial charge in [-0.1, -0.05) is 25.1 Å². The number of rotatable bonds is 4. The third kappa shape index (κ3) is 3.07. The number of hydrogen-bond donors (Lipinski definition) is 1. The van der Waals surface area contributed by atoms with Gasteiger partial charge in [-0.25, -0.2) is 9.97 Å². The number of anilines is 1. The normalized spacial score (nSPS) is 16.0. The lowest BCUT2D eigenvalue weighted by atomic mass is 9.97. The van der Waals surface area contributed by atoms with Crippen LogP contribution in [0.3, 0.4) is 0 Å². The Morgan fingerprint density at radius 1 is 1.24 bits per heavy atom. The lowest BCUT2D eigenvalue weighted by Gasteiger charge is -2.12. The molecule has 1 saturated carbocycles. The molecule has 0 spiro atoms. The van der Waals surface area contributed by atoms with E-state index in [0.717, 1.165) is 29.3 Å². The van der Waals surface area contributed by atoms with Crippen LogP contribution in [0.1, 0.15) is 36.6 Å². The van der Waals surface area contributed by atoms with E-state index in [2.05, 4.69) is 55.0 Å². The highest BCUT2D eigenvalue weighted by Gasteiger charge is 2.28. The summed E-state index contributed by atoms with van der Waals surface area (Å²) in [5.41, 5.74) is 11.6. The Labute approximate surface area is 126 Å². The molecule has 1 aliphatic carbocycles. The molecule has 1 aliphatic rings. The van der Waals surface area contributed by atoms with Crippen molar-refractivity contribution in [2.24, 2.45) is 11.8 Å². The Morgan fingerprint density at radius 2 is 2.00 bits per heavy atom. The molecule has 0 saturated heterocycles. The van der Waals surface area contributed by atoms with Gasteiger partial charge >= 0.3 is 0 Å². The first-order valence-electron chi connectivity index (χ1n) is 7.74. The average molecular weight is 281 g/mol. The first-order chi connectivity index (χ1) is 10.0. The minimum atomic E-state index is 0.381. The van der Waals surface area contributed by atoms with Crippen molar-refractivity contribution in [3.8, 4) is 11.3 Å². The number of aromatic nitrogens is 2. The lowest BCUT2D eigenvalue weighted by molar-refractivity contribution is 0.501. The van der Waals surface area contributed by atoms with Gasteiger partial charge in [-0.2, -0.15) is 0 Å².